The van der Waals surface area contributed by atoms with Crippen molar-refractivity contribution in [3.05, 3.63) is 0 Å². The highest BCUT2D eigenvalue weighted by Crippen LogP contribution is 2.19. The average molecular weight is 240 g/mol. The summed E-state index contributed by atoms with van der Waals surface area (Å²) in [6, 6.07) is -0.611. The van der Waals surface area contributed by atoms with E-state index >= 15 is 0 Å². The number of carbonyl (C=O) groups is 3. The van der Waals surface area contributed by atoms with Crippen LogP contribution in [-0.4, -0.2) is 36.0 Å². The van der Waals surface area contributed by atoms with Crippen LogP contribution in [0.15, 0.2) is 0 Å². The molecule has 0 saturated carbocycles. The zero-order chi connectivity index (χ0) is 12.4. The molecule has 2 N–H and O–H groups in total. The van der Waals surface area contributed by atoms with Crippen LogP contribution >= 0.6 is 0 Å². The van der Waals surface area contributed by atoms with Crippen LogP contribution in [0.5, 0.6) is 0 Å². The average Bonchev–Trinajstić information content (AvgIpc) is 2.69. The second-order valence-corrected chi connectivity index (χ2v) is 4.52. The van der Waals surface area contributed by atoms with Crippen molar-refractivity contribution in [3.63, 3.8) is 0 Å². The summed E-state index contributed by atoms with van der Waals surface area (Å²) in [4.78, 5) is 34.2. The van der Waals surface area contributed by atoms with E-state index < -0.39 is 18.1 Å². The smallest absolute Gasteiger partial charge is 0.249 e. The van der Waals surface area contributed by atoms with Crippen molar-refractivity contribution in [1.29, 1.82) is 0 Å². The molecule has 6 heteroatoms. The number of nitrogens with one attached hydrogen (secondary N) is 2. The molecule has 17 heavy (non-hydrogen) atoms. The molecule has 94 valence electrons. The third-order valence-electron chi connectivity index (χ3n) is 3.08. The van der Waals surface area contributed by atoms with E-state index in [1.807, 2.05) is 6.92 Å². The van der Waals surface area contributed by atoms with E-state index in [0.717, 1.165) is 6.42 Å². The van der Waals surface area contributed by atoms with Gasteiger partial charge in [-0.05, 0) is 26.2 Å². The van der Waals surface area contributed by atoms with Crippen LogP contribution in [0.1, 0.15) is 32.6 Å². The number of hydrogen-bond donors (Lipinski definition) is 2. The van der Waals surface area contributed by atoms with Crippen LogP contribution in [0.4, 0.5) is 0 Å². The van der Waals surface area contributed by atoms with Crippen molar-refractivity contribution in [1.82, 2.24) is 10.6 Å². The largest absolute Gasteiger partial charge is 0.365 e. The molecule has 0 bridgehead atoms. The van der Waals surface area contributed by atoms with Crippen LogP contribution in [-0.2, 0) is 19.1 Å². The standard InChI is InChI=1S/C11H16N2O4/c1-6-2-4-8(17-6)11(16)12-7-3-5-9(14)13-10(7)15/h6-8H,2-5H2,1H3,(H,12,16)(H,13,14,15). The number of carbonyl (C=O) groups excluding carboxylic acids is 3. The lowest BCUT2D eigenvalue weighted by atomic mass is 10.1. The Morgan fingerprint density at radius 1 is 1.35 bits per heavy atom. The van der Waals surface area contributed by atoms with E-state index in [2.05, 4.69) is 10.6 Å². The topological polar surface area (TPSA) is 84.5 Å². The molecular formula is C11H16N2O4. The van der Waals surface area contributed by atoms with Gasteiger partial charge in [0.15, 0.2) is 0 Å². The fourth-order valence-corrected chi connectivity index (χ4v) is 2.09. The SMILES string of the molecule is CC1CCC(C(=O)NC2CCC(=O)NC2=O)O1. The Morgan fingerprint density at radius 2 is 2.12 bits per heavy atom. The fourth-order valence-electron chi connectivity index (χ4n) is 2.09. The molecule has 0 spiro atoms. The molecule has 0 radical (unpaired) electrons. The number of amides is 3. The minimum Gasteiger partial charge on any atom is -0.365 e. The van der Waals surface area contributed by atoms with Gasteiger partial charge in [-0.25, -0.2) is 0 Å². The first-order valence-corrected chi connectivity index (χ1v) is 5.86. The second-order valence-electron chi connectivity index (χ2n) is 4.52. The molecule has 3 amide bonds. The van der Waals surface area contributed by atoms with Gasteiger partial charge in [0.25, 0.3) is 0 Å². The van der Waals surface area contributed by atoms with Crippen molar-refractivity contribution in [2.24, 2.45) is 0 Å². The summed E-state index contributed by atoms with van der Waals surface area (Å²) >= 11 is 0. The molecule has 6 nitrogen and oxygen atoms in total. The molecule has 2 rings (SSSR count). The number of ether oxygens (including phenoxy) is 1. The molecule has 2 heterocycles. The summed E-state index contributed by atoms with van der Waals surface area (Å²) in [5.41, 5.74) is 0. The monoisotopic (exact) mass is 240 g/mol. The molecule has 2 aliphatic rings. The van der Waals surface area contributed by atoms with Crippen LogP contribution in [0, 0.1) is 0 Å². The van der Waals surface area contributed by atoms with Crippen LogP contribution in [0.25, 0.3) is 0 Å². The van der Waals surface area contributed by atoms with Crippen molar-refractivity contribution >= 4 is 17.7 Å². The summed E-state index contributed by atoms with van der Waals surface area (Å²) in [6.07, 6.45) is 1.79. The fraction of sp³-hybridized carbons (Fsp3) is 0.727. The van der Waals surface area contributed by atoms with Gasteiger partial charge in [-0.3, -0.25) is 19.7 Å². The first-order valence-electron chi connectivity index (χ1n) is 5.86. The molecule has 0 aromatic carbocycles. The van der Waals surface area contributed by atoms with Gasteiger partial charge < -0.3 is 10.1 Å². The van der Waals surface area contributed by atoms with Crippen LogP contribution < -0.4 is 10.6 Å². The molecule has 2 saturated heterocycles. The van der Waals surface area contributed by atoms with E-state index in [0.29, 0.717) is 12.8 Å². The minimum absolute atomic E-state index is 0.0903. The second kappa shape index (κ2) is 4.83. The van der Waals surface area contributed by atoms with Gasteiger partial charge in [0, 0.05) is 6.42 Å². The summed E-state index contributed by atoms with van der Waals surface area (Å²) < 4.78 is 5.41. The summed E-state index contributed by atoms with van der Waals surface area (Å²) in [5.74, 6) is -0.976. The normalized spacial score (nSPS) is 33.4. The van der Waals surface area contributed by atoms with Crippen molar-refractivity contribution in [3.8, 4) is 0 Å². The Morgan fingerprint density at radius 3 is 2.71 bits per heavy atom. The molecule has 2 fully saturated rings. The van der Waals surface area contributed by atoms with E-state index in [9.17, 15) is 14.4 Å². The summed E-state index contributed by atoms with van der Waals surface area (Å²) in [5, 5.41) is 4.82. The highest BCUT2D eigenvalue weighted by Gasteiger charge is 2.33. The van der Waals surface area contributed by atoms with Crippen LogP contribution in [0.2, 0.25) is 0 Å². The number of hydrogen-bond acceptors (Lipinski definition) is 4. The van der Waals surface area contributed by atoms with E-state index in [-0.39, 0.29) is 24.3 Å². The molecule has 0 aliphatic carbocycles. The molecule has 0 aromatic rings. The lowest BCUT2D eigenvalue weighted by molar-refractivity contribution is -0.140. The third kappa shape index (κ3) is 2.82. The van der Waals surface area contributed by atoms with Crippen molar-refractivity contribution in [2.45, 2.75) is 50.9 Å². The van der Waals surface area contributed by atoms with Gasteiger partial charge in [-0.15, -0.1) is 0 Å². The van der Waals surface area contributed by atoms with Gasteiger partial charge in [-0.2, -0.15) is 0 Å². The minimum atomic E-state index is -0.611. The predicted molar refractivity (Wildman–Crippen MR) is 57.9 cm³/mol. The van der Waals surface area contributed by atoms with Gasteiger partial charge in [0.05, 0.1) is 6.10 Å². The highest BCUT2D eigenvalue weighted by atomic mass is 16.5. The number of piperidine rings is 1. The Hall–Kier alpha value is -1.43. The van der Waals surface area contributed by atoms with Crippen molar-refractivity contribution < 1.29 is 19.1 Å². The maximum absolute atomic E-state index is 11.8. The highest BCUT2D eigenvalue weighted by molar-refractivity contribution is 6.01. The van der Waals surface area contributed by atoms with E-state index in [1.54, 1.807) is 0 Å². The molecule has 0 aromatic heterocycles. The molecule has 2 aliphatic heterocycles. The van der Waals surface area contributed by atoms with Gasteiger partial charge in [-0.1, -0.05) is 0 Å². The lowest BCUT2D eigenvalue weighted by Crippen LogP contribution is -2.54. The summed E-state index contributed by atoms with van der Waals surface area (Å²) in [6.45, 7) is 1.92. The quantitative estimate of drug-likeness (QED) is 0.636. The van der Waals surface area contributed by atoms with Crippen LogP contribution in [0.3, 0.4) is 0 Å². The Kier molecular flexibility index (Phi) is 3.42. The van der Waals surface area contributed by atoms with E-state index in [1.165, 1.54) is 0 Å². The number of rotatable bonds is 2. The maximum Gasteiger partial charge on any atom is 0.249 e. The summed E-state index contributed by atoms with van der Waals surface area (Å²) in [7, 11) is 0. The molecule has 3 unspecified atom stereocenters. The van der Waals surface area contributed by atoms with Gasteiger partial charge in [0.1, 0.15) is 12.1 Å². The van der Waals surface area contributed by atoms with Gasteiger partial charge in [0.2, 0.25) is 17.7 Å². The zero-order valence-electron chi connectivity index (χ0n) is 9.69. The van der Waals surface area contributed by atoms with Crippen molar-refractivity contribution in [2.75, 3.05) is 0 Å². The van der Waals surface area contributed by atoms with Gasteiger partial charge >= 0.3 is 0 Å². The Bertz CT molecular complexity index is 355. The first-order chi connectivity index (χ1) is 8.06. The molecular weight excluding hydrogens is 224 g/mol. The van der Waals surface area contributed by atoms with E-state index in [4.69, 9.17) is 4.74 Å². The Labute approximate surface area is 99.1 Å². The maximum atomic E-state index is 11.8. The molecule has 3 atom stereocenters. The predicted octanol–water partition coefficient (Wildman–Crippen LogP) is -0.525. The third-order valence-corrected chi connectivity index (χ3v) is 3.08. The zero-order valence-corrected chi connectivity index (χ0v) is 9.69. The number of imide groups is 1. The first kappa shape index (κ1) is 12.0. The lowest BCUT2D eigenvalue weighted by Gasteiger charge is -2.23. The Balaban J connectivity index is 1.86.